The summed E-state index contributed by atoms with van der Waals surface area (Å²) < 4.78 is 30.1. The number of nitrogens with zero attached hydrogens (tertiary/aromatic N) is 3. The second-order valence-electron chi connectivity index (χ2n) is 8.65. The molecule has 0 atom stereocenters. The van der Waals surface area contributed by atoms with E-state index in [9.17, 15) is 19.1 Å². The number of nitrogens with one attached hydrogen (secondary N) is 2. The van der Waals surface area contributed by atoms with Gasteiger partial charge < -0.3 is 30.6 Å². The molecule has 0 aliphatic carbocycles. The molecule has 36 heavy (non-hydrogen) atoms. The normalized spacial score (nSPS) is 12.5. The number of aromatic nitrogens is 3. The topological polar surface area (TPSA) is 129 Å². The first-order chi connectivity index (χ1) is 17.3. The van der Waals surface area contributed by atoms with Crippen molar-refractivity contribution in [3.63, 3.8) is 0 Å². The van der Waals surface area contributed by atoms with E-state index in [-0.39, 0.29) is 23.5 Å². The van der Waals surface area contributed by atoms with Gasteiger partial charge in [0.1, 0.15) is 11.3 Å². The van der Waals surface area contributed by atoms with Gasteiger partial charge in [-0.05, 0) is 36.2 Å². The lowest BCUT2D eigenvalue weighted by Crippen LogP contribution is -2.27. The van der Waals surface area contributed by atoms with Crippen LogP contribution >= 0.6 is 0 Å². The van der Waals surface area contributed by atoms with Gasteiger partial charge in [-0.1, -0.05) is 0 Å². The SMILES string of the molecule is Cn1cc2c3c(c[nH]c3c1=O)CN(c1ncc(F)cc1F)c1cc(C(=O)NCCCN)c(CO)cc1-2. The van der Waals surface area contributed by atoms with Crippen molar-refractivity contribution < 1.29 is 18.7 Å². The first kappa shape index (κ1) is 23.6. The Balaban J connectivity index is 1.80. The minimum atomic E-state index is -0.881. The highest BCUT2D eigenvalue weighted by molar-refractivity contribution is 6.05. The van der Waals surface area contributed by atoms with Crippen LogP contribution in [0.4, 0.5) is 20.3 Å². The maximum Gasteiger partial charge on any atom is 0.274 e. The second-order valence-corrected chi connectivity index (χ2v) is 8.65. The molecule has 1 aromatic carbocycles. The molecule has 186 valence electrons. The summed E-state index contributed by atoms with van der Waals surface area (Å²) in [6.45, 7) is 0.421. The van der Waals surface area contributed by atoms with Crippen molar-refractivity contribution in [2.45, 2.75) is 19.6 Å². The summed E-state index contributed by atoms with van der Waals surface area (Å²) in [5.41, 5.74) is 8.55. The summed E-state index contributed by atoms with van der Waals surface area (Å²) in [7, 11) is 1.62. The Labute approximate surface area is 204 Å². The molecule has 0 unspecified atom stereocenters. The molecule has 1 amide bonds. The predicted molar refractivity (Wildman–Crippen MR) is 131 cm³/mol. The number of aryl methyl sites for hydroxylation is 1. The lowest BCUT2D eigenvalue weighted by Gasteiger charge is -2.26. The number of H-pyrrole nitrogens is 1. The van der Waals surface area contributed by atoms with Crippen LogP contribution in [0, 0.1) is 11.6 Å². The maximum atomic E-state index is 15.0. The number of rotatable bonds is 6. The largest absolute Gasteiger partial charge is 0.392 e. The molecule has 4 aromatic rings. The highest BCUT2D eigenvalue weighted by atomic mass is 19.1. The van der Waals surface area contributed by atoms with Crippen LogP contribution in [0.3, 0.4) is 0 Å². The molecule has 0 bridgehead atoms. The number of anilines is 2. The van der Waals surface area contributed by atoms with E-state index in [0.29, 0.717) is 58.4 Å². The van der Waals surface area contributed by atoms with E-state index >= 15 is 4.39 Å². The van der Waals surface area contributed by atoms with Crippen LogP contribution in [0.2, 0.25) is 0 Å². The van der Waals surface area contributed by atoms with Crippen molar-refractivity contribution in [3.05, 3.63) is 75.5 Å². The Morgan fingerprint density at radius 1 is 1.28 bits per heavy atom. The molecule has 0 fully saturated rings. The van der Waals surface area contributed by atoms with E-state index in [1.807, 2.05) is 0 Å². The molecule has 1 aliphatic heterocycles. The fourth-order valence-corrected chi connectivity index (χ4v) is 4.63. The first-order valence-corrected chi connectivity index (χ1v) is 11.4. The van der Waals surface area contributed by atoms with Crippen molar-refractivity contribution in [1.29, 1.82) is 0 Å². The van der Waals surface area contributed by atoms with Gasteiger partial charge in [0.2, 0.25) is 0 Å². The highest BCUT2D eigenvalue weighted by Crippen LogP contribution is 2.44. The lowest BCUT2D eigenvalue weighted by molar-refractivity contribution is 0.0950. The number of aliphatic hydroxyl groups is 1. The minimum Gasteiger partial charge on any atom is -0.392 e. The van der Waals surface area contributed by atoms with Gasteiger partial charge in [-0.2, -0.15) is 0 Å². The van der Waals surface area contributed by atoms with E-state index < -0.39 is 24.1 Å². The number of nitrogens with two attached hydrogens (primary N) is 1. The summed E-state index contributed by atoms with van der Waals surface area (Å²) in [6, 6.07) is 3.96. The number of amides is 1. The van der Waals surface area contributed by atoms with Crippen molar-refractivity contribution in [3.8, 4) is 11.1 Å². The van der Waals surface area contributed by atoms with Crippen LogP contribution in [-0.2, 0) is 20.2 Å². The molecule has 0 radical (unpaired) electrons. The third kappa shape index (κ3) is 3.82. The quantitative estimate of drug-likeness (QED) is 0.305. The van der Waals surface area contributed by atoms with Crippen LogP contribution in [0.15, 0.2) is 41.6 Å². The van der Waals surface area contributed by atoms with Gasteiger partial charge in [-0.3, -0.25) is 9.59 Å². The number of hydrogen-bond donors (Lipinski definition) is 4. The van der Waals surface area contributed by atoms with Crippen molar-refractivity contribution in [2.24, 2.45) is 12.8 Å². The number of fused-ring (bicyclic) bond motifs is 2. The smallest absolute Gasteiger partial charge is 0.274 e. The molecular formula is C25H24F2N6O3. The van der Waals surface area contributed by atoms with Crippen molar-refractivity contribution in [1.82, 2.24) is 19.9 Å². The molecule has 1 aliphatic rings. The number of hydrogen-bond acceptors (Lipinski definition) is 6. The Morgan fingerprint density at radius 2 is 2.08 bits per heavy atom. The second kappa shape index (κ2) is 9.17. The number of aliphatic hydroxyl groups excluding tert-OH is 1. The minimum absolute atomic E-state index is 0.0927. The standard InChI is InChI=1S/C25H24F2N6O3/c1-32-11-18-17-5-13(12-34)16(24(35)29-4-2-3-28)7-20(17)33(23-19(27)6-15(26)9-31-23)10-14-8-30-22(21(14)18)25(32)36/h5-9,11,30,34H,2-4,10,12,28H2,1H3,(H,29,35). The van der Waals surface area contributed by atoms with E-state index in [1.165, 1.54) is 9.47 Å². The first-order valence-electron chi connectivity index (χ1n) is 11.4. The molecule has 0 spiro atoms. The fraction of sp³-hybridized carbons (Fsp3) is 0.240. The van der Waals surface area contributed by atoms with Crippen LogP contribution in [0.1, 0.15) is 27.9 Å². The van der Waals surface area contributed by atoms with Crippen LogP contribution in [0.25, 0.3) is 22.0 Å². The fourth-order valence-electron chi connectivity index (χ4n) is 4.63. The number of pyridine rings is 2. The molecule has 9 nitrogen and oxygen atoms in total. The van der Waals surface area contributed by atoms with Gasteiger partial charge in [0.05, 0.1) is 25.0 Å². The van der Waals surface area contributed by atoms with Crippen molar-refractivity contribution >= 4 is 28.3 Å². The Bertz CT molecular complexity index is 1560. The Hall–Kier alpha value is -4.09. The molecule has 4 heterocycles. The zero-order valence-corrected chi connectivity index (χ0v) is 19.4. The summed E-state index contributed by atoms with van der Waals surface area (Å²) in [5.74, 6) is -2.26. The number of halogens is 2. The number of carbonyl (C=O) groups excluding carboxylic acids is 1. The molecule has 5 N–H and O–H groups in total. The third-order valence-electron chi connectivity index (χ3n) is 6.34. The number of aromatic amines is 1. The van der Waals surface area contributed by atoms with Crippen LogP contribution < -0.4 is 21.5 Å². The average Bonchev–Trinajstić information content (AvgIpc) is 3.23. The summed E-state index contributed by atoms with van der Waals surface area (Å²) in [5, 5.41) is 13.6. The van der Waals surface area contributed by atoms with Gasteiger partial charge in [-0.15, -0.1) is 0 Å². The van der Waals surface area contributed by atoms with Gasteiger partial charge >= 0.3 is 0 Å². The molecule has 0 saturated carbocycles. The molecule has 0 saturated heterocycles. The van der Waals surface area contributed by atoms with Gasteiger partial charge in [-0.25, -0.2) is 13.8 Å². The molecular weight excluding hydrogens is 470 g/mol. The number of benzene rings is 1. The Morgan fingerprint density at radius 3 is 2.81 bits per heavy atom. The zero-order valence-electron chi connectivity index (χ0n) is 19.4. The monoisotopic (exact) mass is 494 g/mol. The van der Waals surface area contributed by atoms with E-state index in [0.717, 1.165) is 12.3 Å². The van der Waals surface area contributed by atoms with Gasteiger partial charge in [0.25, 0.3) is 11.5 Å². The molecule has 5 rings (SSSR count). The third-order valence-corrected chi connectivity index (χ3v) is 6.34. The van der Waals surface area contributed by atoms with E-state index in [1.54, 1.807) is 31.6 Å². The van der Waals surface area contributed by atoms with Gasteiger partial charge in [0, 0.05) is 54.1 Å². The number of carbonyl (C=O) groups is 1. The average molecular weight is 495 g/mol. The summed E-state index contributed by atoms with van der Waals surface area (Å²) in [6.07, 6.45) is 4.83. The highest BCUT2D eigenvalue weighted by Gasteiger charge is 2.29. The van der Waals surface area contributed by atoms with E-state index in [4.69, 9.17) is 5.73 Å². The van der Waals surface area contributed by atoms with Crippen molar-refractivity contribution in [2.75, 3.05) is 18.0 Å². The lowest BCUT2D eigenvalue weighted by atomic mass is 9.95. The van der Waals surface area contributed by atoms with Crippen LogP contribution in [0.5, 0.6) is 0 Å². The van der Waals surface area contributed by atoms with Gasteiger partial charge in [0.15, 0.2) is 11.6 Å². The molecule has 11 heteroatoms. The Kier molecular flexibility index (Phi) is 6.02. The van der Waals surface area contributed by atoms with Crippen LogP contribution in [-0.4, -0.2) is 38.6 Å². The predicted octanol–water partition coefficient (Wildman–Crippen LogP) is 2.43. The molecule has 3 aromatic heterocycles. The zero-order chi connectivity index (χ0) is 25.6. The summed E-state index contributed by atoms with van der Waals surface area (Å²) >= 11 is 0. The van der Waals surface area contributed by atoms with E-state index in [2.05, 4.69) is 15.3 Å². The maximum absolute atomic E-state index is 15.0. The summed E-state index contributed by atoms with van der Waals surface area (Å²) in [4.78, 5) is 34.4.